The van der Waals surface area contributed by atoms with Crippen molar-refractivity contribution in [1.29, 1.82) is 0 Å². The molecule has 1 saturated heterocycles. The third-order valence-electron chi connectivity index (χ3n) is 6.85. The van der Waals surface area contributed by atoms with E-state index in [-0.39, 0.29) is 36.4 Å². The topological polar surface area (TPSA) is 60.0 Å². The number of benzene rings is 1. The summed E-state index contributed by atoms with van der Waals surface area (Å²) >= 11 is 0. The van der Waals surface area contributed by atoms with Crippen LogP contribution >= 0.6 is 24.0 Å². The second-order valence-electron chi connectivity index (χ2n) is 9.38. The Morgan fingerprint density at radius 1 is 1.09 bits per heavy atom. The summed E-state index contributed by atoms with van der Waals surface area (Å²) in [6, 6.07) is 11.6. The Hall–Kier alpha value is -1.35. The predicted molar refractivity (Wildman–Crippen MR) is 144 cm³/mol. The van der Waals surface area contributed by atoms with Gasteiger partial charge in [0.2, 0.25) is 5.91 Å². The minimum Gasteiger partial charge on any atom is -0.356 e. The van der Waals surface area contributed by atoms with Gasteiger partial charge in [-0.15, -0.1) is 24.0 Å². The Morgan fingerprint density at radius 3 is 2.38 bits per heavy atom. The molecule has 6 nitrogen and oxygen atoms in total. The zero-order valence-corrected chi connectivity index (χ0v) is 22.4. The van der Waals surface area contributed by atoms with Crippen LogP contribution in [0.1, 0.15) is 63.5 Å². The van der Waals surface area contributed by atoms with Gasteiger partial charge in [0.1, 0.15) is 6.54 Å². The number of rotatable bonds is 7. The molecule has 1 atom stereocenters. The molecule has 2 fully saturated rings. The van der Waals surface area contributed by atoms with Gasteiger partial charge in [-0.2, -0.15) is 0 Å². The molecule has 180 valence electrons. The number of hydrogen-bond acceptors (Lipinski definition) is 3. The molecule has 0 bridgehead atoms. The van der Waals surface area contributed by atoms with E-state index in [0.29, 0.717) is 12.1 Å². The normalized spacial score (nSPS) is 19.7. The molecule has 1 amide bonds. The Bertz CT molecular complexity index is 698. The lowest BCUT2D eigenvalue weighted by Crippen LogP contribution is -2.50. The number of amides is 1. The van der Waals surface area contributed by atoms with Gasteiger partial charge in [0.25, 0.3) is 0 Å². The van der Waals surface area contributed by atoms with Crippen LogP contribution in [0.5, 0.6) is 0 Å². The van der Waals surface area contributed by atoms with Gasteiger partial charge in [0.05, 0.1) is 0 Å². The highest BCUT2D eigenvalue weighted by molar-refractivity contribution is 14.0. The number of carbonyl (C=O) groups excluding carboxylic acids is 1. The third kappa shape index (κ3) is 8.54. The van der Waals surface area contributed by atoms with Gasteiger partial charge in [0, 0.05) is 45.8 Å². The van der Waals surface area contributed by atoms with E-state index in [4.69, 9.17) is 0 Å². The highest BCUT2D eigenvalue weighted by Gasteiger charge is 2.24. The number of nitrogens with one attached hydrogen (secondary N) is 2. The molecule has 0 radical (unpaired) electrons. The Balaban J connectivity index is 0.00000363. The Labute approximate surface area is 211 Å². The van der Waals surface area contributed by atoms with E-state index in [1.807, 2.05) is 0 Å². The van der Waals surface area contributed by atoms with Crippen LogP contribution in [-0.4, -0.2) is 68.0 Å². The van der Waals surface area contributed by atoms with Gasteiger partial charge in [0.15, 0.2) is 5.96 Å². The number of piperidine rings is 1. The SMILES string of the molecule is CC(c1ccccc1)N1CCC(NC(=NCC(=O)N(C)C)NCC2CCCCC2)CC1.I. The summed E-state index contributed by atoms with van der Waals surface area (Å²) in [5, 5.41) is 7.18. The summed E-state index contributed by atoms with van der Waals surface area (Å²) in [7, 11) is 3.56. The van der Waals surface area contributed by atoms with Crippen LogP contribution in [0.3, 0.4) is 0 Å². The number of carbonyl (C=O) groups is 1. The first-order valence-electron chi connectivity index (χ1n) is 12.1. The van der Waals surface area contributed by atoms with E-state index in [2.05, 4.69) is 57.8 Å². The van der Waals surface area contributed by atoms with Gasteiger partial charge < -0.3 is 15.5 Å². The number of likely N-dealkylation sites (N-methyl/N-ethyl adjacent to an activating group) is 1. The molecule has 7 heteroatoms. The maximum Gasteiger partial charge on any atom is 0.243 e. The molecular weight excluding hydrogens is 513 g/mol. The monoisotopic (exact) mass is 555 g/mol. The lowest BCUT2D eigenvalue weighted by Gasteiger charge is -2.37. The predicted octanol–water partition coefficient (Wildman–Crippen LogP) is 4.03. The van der Waals surface area contributed by atoms with Crippen LogP contribution in [0.2, 0.25) is 0 Å². The molecule has 0 aromatic heterocycles. The minimum atomic E-state index is 0. The fraction of sp³-hybridized carbons (Fsp3) is 0.680. The summed E-state index contributed by atoms with van der Waals surface area (Å²) in [5.41, 5.74) is 1.38. The van der Waals surface area contributed by atoms with E-state index < -0.39 is 0 Å². The van der Waals surface area contributed by atoms with Crippen molar-refractivity contribution in [2.24, 2.45) is 10.9 Å². The van der Waals surface area contributed by atoms with Crippen LogP contribution in [0.15, 0.2) is 35.3 Å². The molecule has 2 N–H and O–H groups in total. The van der Waals surface area contributed by atoms with Crippen molar-refractivity contribution in [2.75, 3.05) is 40.3 Å². The maximum absolute atomic E-state index is 12.1. The van der Waals surface area contributed by atoms with Crippen LogP contribution in [-0.2, 0) is 4.79 Å². The molecule has 1 heterocycles. The maximum atomic E-state index is 12.1. The molecular formula is C25H42IN5O. The van der Waals surface area contributed by atoms with Crippen molar-refractivity contribution >= 4 is 35.8 Å². The number of halogens is 1. The Morgan fingerprint density at radius 2 is 1.75 bits per heavy atom. The standard InChI is InChI=1S/C25H41N5O.HI/c1-20(22-12-8-5-9-13-22)30-16-14-23(15-17-30)28-25(27-19-24(31)29(2)3)26-18-21-10-6-4-7-11-21;/h5,8-9,12-13,20-21,23H,4,6-7,10-11,14-19H2,1-3H3,(H2,26,27,28);1H. The molecule has 1 aromatic rings. The first-order chi connectivity index (χ1) is 15.0. The average molecular weight is 556 g/mol. The summed E-state index contributed by atoms with van der Waals surface area (Å²) in [6.07, 6.45) is 8.81. The van der Waals surface area contributed by atoms with Crippen molar-refractivity contribution in [2.45, 2.75) is 64.0 Å². The van der Waals surface area contributed by atoms with Gasteiger partial charge in [-0.3, -0.25) is 9.69 Å². The van der Waals surface area contributed by atoms with Crippen molar-refractivity contribution in [3.05, 3.63) is 35.9 Å². The van der Waals surface area contributed by atoms with E-state index in [1.165, 1.54) is 37.7 Å². The van der Waals surface area contributed by atoms with Crippen LogP contribution < -0.4 is 10.6 Å². The second kappa shape index (κ2) is 14.0. The van der Waals surface area contributed by atoms with Crippen LogP contribution in [0.4, 0.5) is 0 Å². The summed E-state index contributed by atoms with van der Waals surface area (Å²) in [6.45, 7) is 5.58. The van der Waals surface area contributed by atoms with E-state index >= 15 is 0 Å². The second-order valence-corrected chi connectivity index (χ2v) is 9.38. The summed E-state index contributed by atoms with van der Waals surface area (Å²) in [5.74, 6) is 1.56. The average Bonchev–Trinajstić information content (AvgIpc) is 2.81. The summed E-state index contributed by atoms with van der Waals surface area (Å²) < 4.78 is 0. The molecule has 0 spiro atoms. The minimum absolute atomic E-state index is 0. The van der Waals surface area contributed by atoms with Gasteiger partial charge in [-0.1, -0.05) is 49.6 Å². The lowest BCUT2D eigenvalue weighted by molar-refractivity contribution is -0.127. The lowest BCUT2D eigenvalue weighted by atomic mass is 9.89. The fourth-order valence-corrected chi connectivity index (χ4v) is 4.64. The first-order valence-corrected chi connectivity index (χ1v) is 12.1. The molecule has 1 saturated carbocycles. The van der Waals surface area contributed by atoms with Crippen molar-refractivity contribution < 1.29 is 4.79 Å². The first kappa shape index (κ1) is 26.9. The highest BCUT2D eigenvalue weighted by atomic mass is 127. The van der Waals surface area contributed by atoms with E-state index in [9.17, 15) is 4.79 Å². The number of likely N-dealkylation sites (tertiary alicyclic amines) is 1. The number of nitrogens with zero attached hydrogens (tertiary/aromatic N) is 3. The number of guanidine groups is 1. The summed E-state index contributed by atoms with van der Waals surface area (Å²) in [4.78, 5) is 20.8. The van der Waals surface area contributed by atoms with Gasteiger partial charge in [-0.25, -0.2) is 4.99 Å². The zero-order chi connectivity index (χ0) is 22.1. The van der Waals surface area contributed by atoms with Crippen molar-refractivity contribution in [3.8, 4) is 0 Å². The molecule has 1 aliphatic heterocycles. The van der Waals surface area contributed by atoms with Crippen molar-refractivity contribution in [3.63, 3.8) is 0 Å². The smallest absolute Gasteiger partial charge is 0.243 e. The fourth-order valence-electron chi connectivity index (χ4n) is 4.64. The van der Waals surface area contributed by atoms with Gasteiger partial charge in [-0.05, 0) is 44.1 Å². The molecule has 3 rings (SSSR count). The third-order valence-corrected chi connectivity index (χ3v) is 6.85. The zero-order valence-electron chi connectivity index (χ0n) is 20.1. The van der Waals surface area contributed by atoms with Crippen LogP contribution in [0, 0.1) is 5.92 Å². The van der Waals surface area contributed by atoms with Gasteiger partial charge >= 0.3 is 0 Å². The Kier molecular flexibility index (Phi) is 11.8. The molecule has 1 unspecified atom stereocenters. The highest BCUT2D eigenvalue weighted by Crippen LogP contribution is 2.24. The molecule has 1 aromatic carbocycles. The van der Waals surface area contributed by atoms with E-state index in [0.717, 1.165) is 44.4 Å². The number of aliphatic imine (C=N–C) groups is 1. The largest absolute Gasteiger partial charge is 0.356 e. The van der Waals surface area contributed by atoms with Crippen molar-refractivity contribution in [1.82, 2.24) is 20.4 Å². The molecule has 2 aliphatic rings. The molecule has 32 heavy (non-hydrogen) atoms. The quantitative estimate of drug-likeness (QED) is 0.303. The number of hydrogen-bond donors (Lipinski definition) is 2. The van der Waals surface area contributed by atoms with E-state index in [1.54, 1.807) is 19.0 Å². The van der Waals surface area contributed by atoms with Crippen LogP contribution in [0.25, 0.3) is 0 Å². The molecule has 1 aliphatic carbocycles.